The zero-order valence-electron chi connectivity index (χ0n) is 11.8. The third-order valence-electron chi connectivity index (χ3n) is 2.83. The van der Waals surface area contributed by atoms with Crippen LogP contribution in [0.15, 0.2) is 23.9 Å². The minimum absolute atomic E-state index is 0.0497. The molecule has 2 rings (SSSR count). The fourth-order valence-corrected chi connectivity index (χ4v) is 1.80. The van der Waals surface area contributed by atoms with Crippen LogP contribution in [0, 0.1) is 11.6 Å². The monoisotopic (exact) mass is 313 g/mol. The van der Waals surface area contributed by atoms with Crippen LogP contribution in [0.2, 0.25) is 0 Å². The summed E-state index contributed by atoms with van der Waals surface area (Å²) in [7, 11) is 0. The summed E-state index contributed by atoms with van der Waals surface area (Å²) >= 11 is 0. The fraction of sp³-hybridized carbons (Fsp3) is 0.286. The molecule has 0 bridgehead atoms. The normalized spacial score (nSPS) is 16.9. The molecule has 6 nitrogen and oxygen atoms in total. The van der Waals surface area contributed by atoms with Gasteiger partial charge in [-0.25, -0.2) is 18.4 Å². The molecule has 0 amide bonds. The SMILES string of the molecule is CC1(C)OC(=O)C(=CNc2c(CO)ccc(F)c2F)C(=O)O1. The van der Waals surface area contributed by atoms with E-state index in [1.165, 1.54) is 19.9 Å². The molecule has 8 heteroatoms. The number of cyclic esters (lactones) is 2. The van der Waals surface area contributed by atoms with Crippen LogP contribution in [-0.4, -0.2) is 22.8 Å². The van der Waals surface area contributed by atoms with E-state index in [-0.39, 0.29) is 11.3 Å². The average molecular weight is 313 g/mol. The van der Waals surface area contributed by atoms with Crippen LogP contribution in [0.3, 0.4) is 0 Å². The minimum Gasteiger partial charge on any atom is -0.419 e. The first-order valence-electron chi connectivity index (χ1n) is 6.26. The van der Waals surface area contributed by atoms with E-state index in [2.05, 4.69) is 5.32 Å². The number of hydrogen-bond acceptors (Lipinski definition) is 6. The van der Waals surface area contributed by atoms with Gasteiger partial charge in [0.25, 0.3) is 5.79 Å². The maximum absolute atomic E-state index is 13.7. The van der Waals surface area contributed by atoms with Crippen LogP contribution < -0.4 is 5.32 Å². The molecule has 0 aliphatic carbocycles. The van der Waals surface area contributed by atoms with Crippen molar-refractivity contribution in [1.29, 1.82) is 0 Å². The molecule has 1 aromatic carbocycles. The highest BCUT2D eigenvalue weighted by Gasteiger charge is 2.39. The molecule has 0 radical (unpaired) electrons. The lowest BCUT2D eigenvalue weighted by molar-refractivity contribution is -0.222. The topological polar surface area (TPSA) is 84.9 Å². The quantitative estimate of drug-likeness (QED) is 0.501. The van der Waals surface area contributed by atoms with Crippen LogP contribution in [0.25, 0.3) is 0 Å². The largest absolute Gasteiger partial charge is 0.419 e. The summed E-state index contributed by atoms with van der Waals surface area (Å²) in [5, 5.41) is 11.4. The highest BCUT2D eigenvalue weighted by Crippen LogP contribution is 2.25. The van der Waals surface area contributed by atoms with Gasteiger partial charge >= 0.3 is 11.9 Å². The average Bonchev–Trinajstić information content (AvgIpc) is 2.41. The Bertz CT molecular complexity index is 647. The molecule has 1 aliphatic heterocycles. The first-order chi connectivity index (χ1) is 10.2. The number of anilines is 1. The second kappa shape index (κ2) is 5.72. The van der Waals surface area contributed by atoms with Crippen LogP contribution >= 0.6 is 0 Å². The van der Waals surface area contributed by atoms with Gasteiger partial charge in [0.1, 0.15) is 0 Å². The van der Waals surface area contributed by atoms with Crippen molar-refractivity contribution < 1.29 is 33.0 Å². The molecule has 0 unspecified atom stereocenters. The Hall–Kier alpha value is -2.48. The maximum atomic E-state index is 13.7. The zero-order valence-corrected chi connectivity index (χ0v) is 11.8. The van der Waals surface area contributed by atoms with Gasteiger partial charge in [-0.2, -0.15) is 0 Å². The van der Waals surface area contributed by atoms with Gasteiger partial charge in [-0.1, -0.05) is 6.07 Å². The van der Waals surface area contributed by atoms with Gasteiger partial charge in [0.05, 0.1) is 12.3 Å². The van der Waals surface area contributed by atoms with E-state index in [1.54, 1.807) is 0 Å². The van der Waals surface area contributed by atoms with Crippen LogP contribution in [0.4, 0.5) is 14.5 Å². The molecule has 1 fully saturated rings. The first-order valence-corrected chi connectivity index (χ1v) is 6.26. The van der Waals surface area contributed by atoms with Crippen LogP contribution in [0.1, 0.15) is 19.4 Å². The predicted octanol–water partition coefficient (Wildman–Crippen LogP) is 1.59. The van der Waals surface area contributed by atoms with E-state index in [0.717, 1.165) is 12.3 Å². The molecule has 22 heavy (non-hydrogen) atoms. The molecule has 0 saturated carbocycles. The summed E-state index contributed by atoms with van der Waals surface area (Å²) < 4.78 is 36.6. The van der Waals surface area contributed by atoms with Crippen molar-refractivity contribution >= 4 is 17.6 Å². The molecule has 1 heterocycles. The smallest absolute Gasteiger partial charge is 0.350 e. The van der Waals surface area contributed by atoms with Gasteiger partial charge in [-0.05, 0) is 6.07 Å². The van der Waals surface area contributed by atoms with Gasteiger partial charge in [-0.15, -0.1) is 0 Å². The molecular formula is C14H13F2NO5. The van der Waals surface area contributed by atoms with E-state index in [9.17, 15) is 18.4 Å². The molecule has 2 N–H and O–H groups in total. The summed E-state index contributed by atoms with van der Waals surface area (Å²) in [4.78, 5) is 23.4. The summed E-state index contributed by atoms with van der Waals surface area (Å²) in [6.07, 6.45) is 0.844. The van der Waals surface area contributed by atoms with Crippen molar-refractivity contribution in [3.05, 3.63) is 41.1 Å². The van der Waals surface area contributed by atoms with Crippen molar-refractivity contribution in [2.24, 2.45) is 0 Å². The van der Waals surface area contributed by atoms with Crippen molar-refractivity contribution in [3.8, 4) is 0 Å². The number of ether oxygens (including phenoxy) is 2. The third kappa shape index (κ3) is 3.06. The number of aliphatic hydroxyl groups is 1. The van der Waals surface area contributed by atoms with Crippen LogP contribution in [0.5, 0.6) is 0 Å². The molecule has 1 aromatic rings. The molecule has 0 atom stereocenters. The molecule has 0 aromatic heterocycles. The lowest BCUT2D eigenvalue weighted by Gasteiger charge is -2.29. The molecule has 1 saturated heterocycles. The highest BCUT2D eigenvalue weighted by molar-refractivity contribution is 6.15. The van der Waals surface area contributed by atoms with Gasteiger partial charge in [0, 0.05) is 25.6 Å². The Kier molecular flexibility index (Phi) is 4.14. The van der Waals surface area contributed by atoms with E-state index >= 15 is 0 Å². The van der Waals surface area contributed by atoms with Gasteiger partial charge in [0.2, 0.25) is 0 Å². The number of nitrogens with one attached hydrogen (secondary N) is 1. The Morgan fingerprint density at radius 1 is 1.23 bits per heavy atom. The summed E-state index contributed by atoms with van der Waals surface area (Å²) in [5.41, 5.74) is -0.846. The number of benzene rings is 1. The molecule has 118 valence electrons. The van der Waals surface area contributed by atoms with Crippen molar-refractivity contribution in [2.75, 3.05) is 5.32 Å². The second-order valence-corrected chi connectivity index (χ2v) is 4.93. The Morgan fingerprint density at radius 3 is 2.36 bits per heavy atom. The third-order valence-corrected chi connectivity index (χ3v) is 2.83. The summed E-state index contributed by atoms with van der Waals surface area (Å²) in [6.45, 7) is 2.19. The Morgan fingerprint density at radius 2 is 1.82 bits per heavy atom. The van der Waals surface area contributed by atoms with Gasteiger partial charge in [0.15, 0.2) is 17.2 Å². The van der Waals surface area contributed by atoms with E-state index in [4.69, 9.17) is 14.6 Å². The van der Waals surface area contributed by atoms with E-state index in [1.807, 2.05) is 0 Å². The van der Waals surface area contributed by atoms with Crippen molar-refractivity contribution in [2.45, 2.75) is 26.2 Å². The lowest BCUT2D eigenvalue weighted by atomic mass is 10.1. The second-order valence-electron chi connectivity index (χ2n) is 4.93. The zero-order chi connectivity index (χ0) is 16.5. The lowest BCUT2D eigenvalue weighted by Crippen LogP contribution is -2.42. The van der Waals surface area contributed by atoms with E-state index < -0.39 is 41.5 Å². The highest BCUT2D eigenvalue weighted by atomic mass is 19.2. The number of aliphatic hydroxyl groups excluding tert-OH is 1. The predicted molar refractivity (Wildman–Crippen MR) is 70.2 cm³/mol. The Balaban J connectivity index is 2.31. The minimum atomic E-state index is -1.40. The number of carbonyl (C=O) groups excluding carboxylic acids is 2. The first kappa shape index (κ1) is 15.9. The number of hydrogen-bond donors (Lipinski definition) is 2. The number of halogens is 2. The standard InChI is InChI=1S/C14H13F2NO5/c1-14(2)21-12(19)8(13(20)22-14)5-17-11-7(6-18)3-4-9(15)10(11)16/h3-5,17-18H,6H2,1-2H3. The van der Waals surface area contributed by atoms with Gasteiger partial charge in [-0.3, -0.25) is 0 Å². The number of rotatable bonds is 3. The Labute approximate surface area is 124 Å². The van der Waals surface area contributed by atoms with Gasteiger partial charge < -0.3 is 19.9 Å². The van der Waals surface area contributed by atoms with Crippen molar-refractivity contribution in [1.82, 2.24) is 0 Å². The molecular weight excluding hydrogens is 300 g/mol. The number of carbonyl (C=O) groups is 2. The van der Waals surface area contributed by atoms with E-state index in [0.29, 0.717) is 0 Å². The molecule has 0 spiro atoms. The van der Waals surface area contributed by atoms with Crippen LogP contribution in [-0.2, 0) is 25.7 Å². The summed E-state index contributed by atoms with van der Waals surface area (Å²) in [6, 6.07) is 2.02. The fourth-order valence-electron chi connectivity index (χ4n) is 1.80. The maximum Gasteiger partial charge on any atom is 0.350 e. The number of esters is 2. The summed E-state index contributed by atoms with van der Waals surface area (Å²) in [5.74, 6) is -5.71. The molecule has 1 aliphatic rings. The van der Waals surface area contributed by atoms with Crippen molar-refractivity contribution in [3.63, 3.8) is 0 Å².